The van der Waals surface area contributed by atoms with E-state index in [0.29, 0.717) is 18.7 Å². The van der Waals surface area contributed by atoms with Crippen molar-refractivity contribution < 1.29 is 9.18 Å². The van der Waals surface area contributed by atoms with E-state index in [4.69, 9.17) is 0 Å². The average Bonchev–Trinajstić information content (AvgIpc) is 3.12. The minimum atomic E-state index is -0.453. The quantitative estimate of drug-likeness (QED) is 0.723. The lowest BCUT2D eigenvalue weighted by Crippen LogP contribution is -2.44. The number of carbonyl (C=O) groups is 1. The first-order valence-corrected chi connectivity index (χ1v) is 8.67. The summed E-state index contributed by atoms with van der Waals surface area (Å²) in [5, 5.41) is 2.94. The van der Waals surface area contributed by atoms with E-state index in [2.05, 4.69) is 9.88 Å². The third-order valence-electron chi connectivity index (χ3n) is 4.80. The van der Waals surface area contributed by atoms with Crippen LogP contribution >= 0.6 is 0 Å². The van der Waals surface area contributed by atoms with Crippen LogP contribution in [-0.4, -0.2) is 22.0 Å². The van der Waals surface area contributed by atoms with Crippen molar-refractivity contribution in [2.45, 2.75) is 19.5 Å². The number of carbonyl (C=O) groups excluding carboxylic acids is 1. The van der Waals surface area contributed by atoms with Gasteiger partial charge >= 0.3 is 6.03 Å². The molecule has 3 aromatic rings. The van der Waals surface area contributed by atoms with E-state index in [0.717, 1.165) is 16.9 Å². The van der Waals surface area contributed by atoms with Crippen LogP contribution in [0.25, 0.3) is 0 Å². The maximum absolute atomic E-state index is 14.5. The molecule has 1 unspecified atom stereocenters. The number of halogens is 1. The molecule has 0 spiro atoms. The summed E-state index contributed by atoms with van der Waals surface area (Å²) in [6, 6.07) is 17.5. The highest BCUT2D eigenvalue weighted by molar-refractivity contribution is 5.90. The third-order valence-corrected chi connectivity index (χ3v) is 4.80. The number of nitrogens with zero attached hydrogens (tertiary/aromatic N) is 2. The smallest absolute Gasteiger partial charge is 0.322 e. The molecule has 5 heteroatoms. The summed E-state index contributed by atoms with van der Waals surface area (Å²) in [5.74, 6) is -0.305. The van der Waals surface area contributed by atoms with Crippen molar-refractivity contribution in [1.29, 1.82) is 0 Å². The van der Waals surface area contributed by atoms with Crippen LogP contribution in [0.2, 0.25) is 0 Å². The zero-order valence-electron chi connectivity index (χ0n) is 14.5. The van der Waals surface area contributed by atoms with Gasteiger partial charge in [0.05, 0.1) is 0 Å². The van der Waals surface area contributed by atoms with E-state index in [-0.39, 0.29) is 11.8 Å². The van der Waals surface area contributed by atoms with Gasteiger partial charge in [-0.25, -0.2) is 9.18 Å². The fourth-order valence-electron chi connectivity index (χ4n) is 3.46. The number of amides is 2. The lowest BCUT2D eigenvalue weighted by atomic mass is 9.99. The summed E-state index contributed by atoms with van der Waals surface area (Å²) in [6.45, 7) is 3.20. The molecule has 0 saturated carbocycles. The lowest BCUT2D eigenvalue weighted by Gasteiger charge is -2.37. The Labute approximate surface area is 151 Å². The summed E-state index contributed by atoms with van der Waals surface area (Å²) >= 11 is 0. The number of benzene rings is 2. The van der Waals surface area contributed by atoms with Gasteiger partial charge in [0.1, 0.15) is 11.9 Å². The van der Waals surface area contributed by atoms with Crippen molar-refractivity contribution in [3.63, 3.8) is 0 Å². The van der Waals surface area contributed by atoms with Crippen molar-refractivity contribution in [3.8, 4) is 0 Å². The second-order valence-corrected chi connectivity index (χ2v) is 6.54. The van der Waals surface area contributed by atoms with Gasteiger partial charge in [-0.15, -0.1) is 0 Å². The minimum absolute atomic E-state index is 0.227. The lowest BCUT2D eigenvalue weighted by molar-refractivity contribution is 0.180. The summed E-state index contributed by atoms with van der Waals surface area (Å²) in [6.07, 6.45) is 1.97. The predicted octanol–water partition coefficient (Wildman–Crippen LogP) is 4.57. The van der Waals surface area contributed by atoms with Gasteiger partial charge in [-0.3, -0.25) is 0 Å². The normalized spacial score (nSPS) is 16.2. The van der Waals surface area contributed by atoms with E-state index in [1.54, 1.807) is 23.1 Å². The maximum Gasteiger partial charge on any atom is 0.322 e. The molecule has 1 atom stereocenters. The zero-order chi connectivity index (χ0) is 18.1. The number of rotatable bonds is 2. The maximum atomic E-state index is 14.5. The van der Waals surface area contributed by atoms with Crippen LogP contribution in [0.4, 0.5) is 14.9 Å². The van der Waals surface area contributed by atoms with Gasteiger partial charge in [-0.1, -0.05) is 35.9 Å². The average molecular weight is 349 g/mol. The monoisotopic (exact) mass is 349 g/mol. The van der Waals surface area contributed by atoms with Gasteiger partial charge < -0.3 is 14.8 Å². The first-order chi connectivity index (χ1) is 12.6. The van der Waals surface area contributed by atoms with Crippen LogP contribution in [-0.2, 0) is 6.54 Å². The van der Waals surface area contributed by atoms with E-state index < -0.39 is 6.04 Å². The molecule has 0 saturated heterocycles. The van der Waals surface area contributed by atoms with Crippen molar-refractivity contribution in [1.82, 2.24) is 9.47 Å². The Hall–Kier alpha value is -3.08. The molecule has 0 bridgehead atoms. The summed E-state index contributed by atoms with van der Waals surface area (Å²) in [5.41, 5.74) is 3.28. The molecule has 0 radical (unpaired) electrons. The predicted molar refractivity (Wildman–Crippen MR) is 99.6 cm³/mol. The van der Waals surface area contributed by atoms with Crippen LogP contribution in [0.5, 0.6) is 0 Å². The Bertz CT molecular complexity index is 932. The Morgan fingerprint density at radius 1 is 1.04 bits per heavy atom. The van der Waals surface area contributed by atoms with Crippen LogP contribution in [0.15, 0.2) is 66.9 Å². The van der Waals surface area contributed by atoms with Crippen LogP contribution < -0.4 is 5.32 Å². The summed E-state index contributed by atoms with van der Waals surface area (Å²) in [4.78, 5) is 14.7. The van der Waals surface area contributed by atoms with Crippen molar-refractivity contribution in [2.75, 3.05) is 11.9 Å². The van der Waals surface area contributed by atoms with E-state index in [1.807, 2.05) is 49.5 Å². The molecule has 1 aromatic heterocycles. The second-order valence-electron chi connectivity index (χ2n) is 6.54. The molecule has 2 heterocycles. The number of urea groups is 1. The number of hydrogen-bond acceptors (Lipinski definition) is 1. The van der Waals surface area contributed by atoms with Gasteiger partial charge in [0.2, 0.25) is 0 Å². The highest BCUT2D eigenvalue weighted by Crippen LogP contribution is 2.34. The molecule has 1 aliphatic heterocycles. The largest absolute Gasteiger partial charge is 0.348 e. The zero-order valence-corrected chi connectivity index (χ0v) is 14.5. The molecular formula is C21H20FN3O. The van der Waals surface area contributed by atoms with Gasteiger partial charge in [0.25, 0.3) is 0 Å². The molecule has 2 aromatic carbocycles. The standard InChI is InChI=1S/C21H20FN3O/c1-15-8-10-16(11-9-15)23-21(26)25-14-13-24-12-4-7-19(24)20(25)17-5-2-3-6-18(17)22/h2-12,20H,13-14H2,1H3,(H,23,26). The van der Waals surface area contributed by atoms with E-state index in [1.165, 1.54) is 6.07 Å². The molecule has 26 heavy (non-hydrogen) atoms. The van der Waals surface area contributed by atoms with Crippen molar-refractivity contribution in [2.24, 2.45) is 0 Å². The van der Waals surface area contributed by atoms with Gasteiger partial charge in [-0.05, 0) is 37.3 Å². The number of aryl methyl sites for hydroxylation is 1. The Morgan fingerprint density at radius 2 is 1.81 bits per heavy atom. The highest BCUT2D eigenvalue weighted by Gasteiger charge is 2.33. The molecular weight excluding hydrogens is 329 g/mol. The fraction of sp³-hybridized carbons (Fsp3) is 0.190. The molecule has 0 fully saturated rings. The molecule has 1 N–H and O–H groups in total. The molecule has 2 amide bonds. The molecule has 4 nitrogen and oxygen atoms in total. The highest BCUT2D eigenvalue weighted by atomic mass is 19.1. The fourth-order valence-corrected chi connectivity index (χ4v) is 3.46. The van der Waals surface area contributed by atoms with Crippen LogP contribution in [0.3, 0.4) is 0 Å². The first kappa shape index (κ1) is 16.4. The van der Waals surface area contributed by atoms with E-state index in [9.17, 15) is 9.18 Å². The van der Waals surface area contributed by atoms with E-state index >= 15 is 0 Å². The van der Waals surface area contributed by atoms with Gasteiger partial charge in [0, 0.05) is 36.2 Å². The third kappa shape index (κ3) is 2.96. The molecule has 0 aliphatic carbocycles. The molecule has 1 aliphatic rings. The van der Waals surface area contributed by atoms with Crippen LogP contribution in [0, 0.1) is 12.7 Å². The molecule has 132 valence electrons. The SMILES string of the molecule is Cc1ccc(NC(=O)N2CCn3cccc3C2c2ccccc2F)cc1. The van der Waals surface area contributed by atoms with Gasteiger partial charge in [-0.2, -0.15) is 0 Å². The number of fused-ring (bicyclic) bond motifs is 1. The van der Waals surface area contributed by atoms with Crippen molar-refractivity contribution in [3.05, 3.63) is 89.5 Å². The number of nitrogens with one attached hydrogen (secondary N) is 1. The number of anilines is 1. The second kappa shape index (κ2) is 6.67. The summed E-state index contributed by atoms with van der Waals surface area (Å²) < 4.78 is 16.6. The topological polar surface area (TPSA) is 37.3 Å². The number of hydrogen-bond donors (Lipinski definition) is 1. The molecule has 4 rings (SSSR count). The summed E-state index contributed by atoms with van der Waals surface area (Å²) in [7, 11) is 0. The van der Waals surface area contributed by atoms with Crippen molar-refractivity contribution >= 4 is 11.7 Å². The Morgan fingerprint density at radius 3 is 2.58 bits per heavy atom. The van der Waals surface area contributed by atoms with Gasteiger partial charge in [0.15, 0.2) is 0 Å². The first-order valence-electron chi connectivity index (χ1n) is 8.67. The Balaban J connectivity index is 1.69. The Kier molecular flexibility index (Phi) is 4.21. The number of aromatic nitrogens is 1. The van der Waals surface area contributed by atoms with Crippen LogP contribution in [0.1, 0.15) is 22.9 Å². The minimum Gasteiger partial charge on any atom is -0.348 e.